The van der Waals surface area contributed by atoms with Crippen LogP contribution in [0.4, 0.5) is 11.4 Å². The van der Waals surface area contributed by atoms with E-state index in [0.717, 1.165) is 17.1 Å². The Kier molecular flexibility index (Phi) is 2.90. The van der Waals surface area contributed by atoms with Crippen molar-refractivity contribution in [2.24, 2.45) is 4.99 Å². The Morgan fingerprint density at radius 2 is 2.27 bits per heavy atom. The zero-order valence-electron chi connectivity index (χ0n) is 9.16. The number of aliphatic imine (C=N–C) groups is 1. The SMILES string of the molecule is CC=Nc1ccc(NC2CC2)cc1OC. The monoisotopic (exact) mass is 204 g/mol. The van der Waals surface area contributed by atoms with Crippen LogP contribution in [0.5, 0.6) is 5.75 Å². The molecule has 0 radical (unpaired) electrons. The van der Waals surface area contributed by atoms with Crippen molar-refractivity contribution >= 4 is 17.6 Å². The third-order valence-electron chi connectivity index (χ3n) is 2.40. The van der Waals surface area contributed by atoms with Crippen LogP contribution < -0.4 is 10.1 Å². The van der Waals surface area contributed by atoms with Gasteiger partial charge in [-0.25, -0.2) is 0 Å². The van der Waals surface area contributed by atoms with Gasteiger partial charge < -0.3 is 10.1 Å². The minimum atomic E-state index is 0.662. The Bertz CT molecular complexity index is 370. The van der Waals surface area contributed by atoms with Gasteiger partial charge in [0.25, 0.3) is 0 Å². The van der Waals surface area contributed by atoms with Crippen molar-refractivity contribution < 1.29 is 4.74 Å². The van der Waals surface area contributed by atoms with Gasteiger partial charge in [-0.3, -0.25) is 4.99 Å². The Labute approximate surface area is 90.2 Å². The zero-order chi connectivity index (χ0) is 10.7. The summed E-state index contributed by atoms with van der Waals surface area (Å²) in [6.07, 6.45) is 4.32. The normalized spacial score (nSPS) is 15.6. The minimum absolute atomic E-state index is 0.662. The molecule has 15 heavy (non-hydrogen) atoms. The van der Waals surface area contributed by atoms with E-state index in [2.05, 4.69) is 10.3 Å². The van der Waals surface area contributed by atoms with Crippen molar-refractivity contribution in [2.75, 3.05) is 12.4 Å². The number of nitrogens with zero attached hydrogens (tertiary/aromatic N) is 1. The highest BCUT2D eigenvalue weighted by Crippen LogP contribution is 2.32. The van der Waals surface area contributed by atoms with Gasteiger partial charge >= 0.3 is 0 Å². The highest BCUT2D eigenvalue weighted by atomic mass is 16.5. The highest BCUT2D eigenvalue weighted by Gasteiger charge is 2.20. The molecule has 1 fully saturated rings. The number of hydrogen-bond acceptors (Lipinski definition) is 3. The second-order valence-electron chi connectivity index (χ2n) is 3.69. The third kappa shape index (κ3) is 2.49. The van der Waals surface area contributed by atoms with E-state index in [1.165, 1.54) is 12.8 Å². The molecular formula is C12H16N2O. The third-order valence-corrected chi connectivity index (χ3v) is 2.40. The first-order valence-corrected chi connectivity index (χ1v) is 5.26. The average molecular weight is 204 g/mol. The van der Waals surface area contributed by atoms with E-state index in [4.69, 9.17) is 4.74 Å². The van der Waals surface area contributed by atoms with Crippen LogP contribution in [0, 0.1) is 0 Å². The molecule has 0 spiro atoms. The van der Waals surface area contributed by atoms with Gasteiger partial charge in [0, 0.05) is 24.0 Å². The molecule has 3 nitrogen and oxygen atoms in total. The first-order chi connectivity index (χ1) is 7.33. The van der Waals surface area contributed by atoms with E-state index in [0.29, 0.717) is 6.04 Å². The van der Waals surface area contributed by atoms with Gasteiger partial charge in [0.1, 0.15) is 11.4 Å². The molecule has 0 unspecified atom stereocenters. The maximum absolute atomic E-state index is 5.29. The molecule has 3 heteroatoms. The van der Waals surface area contributed by atoms with Gasteiger partial charge in [-0.15, -0.1) is 0 Å². The number of methoxy groups -OCH3 is 1. The van der Waals surface area contributed by atoms with E-state index in [9.17, 15) is 0 Å². The van der Waals surface area contributed by atoms with Crippen LogP contribution in [-0.4, -0.2) is 19.4 Å². The van der Waals surface area contributed by atoms with Crippen LogP contribution in [-0.2, 0) is 0 Å². The Morgan fingerprint density at radius 1 is 1.47 bits per heavy atom. The van der Waals surface area contributed by atoms with Crippen molar-refractivity contribution in [1.29, 1.82) is 0 Å². The maximum atomic E-state index is 5.29. The van der Waals surface area contributed by atoms with Gasteiger partial charge in [-0.2, -0.15) is 0 Å². The molecule has 0 aromatic heterocycles. The number of benzene rings is 1. The summed E-state index contributed by atoms with van der Waals surface area (Å²) in [6, 6.07) is 6.68. The molecule has 0 amide bonds. The highest BCUT2D eigenvalue weighted by molar-refractivity contribution is 5.67. The minimum Gasteiger partial charge on any atom is -0.494 e. The molecule has 0 heterocycles. The van der Waals surface area contributed by atoms with Crippen molar-refractivity contribution in [3.8, 4) is 5.75 Å². The molecule has 1 aromatic rings. The molecule has 0 bridgehead atoms. The largest absolute Gasteiger partial charge is 0.494 e. The summed E-state index contributed by atoms with van der Waals surface area (Å²) in [5, 5.41) is 3.43. The van der Waals surface area contributed by atoms with Gasteiger partial charge in [-0.1, -0.05) is 0 Å². The Morgan fingerprint density at radius 3 is 2.87 bits per heavy atom. The molecular weight excluding hydrogens is 188 g/mol. The van der Waals surface area contributed by atoms with E-state index in [1.807, 2.05) is 25.1 Å². The lowest BCUT2D eigenvalue weighted by Gasteiger charge is -2.08. The van der Waals surface area contributed by atoms with E-state index in [1.54, 1.807) is 13.3 Å². The summed E-state index contributed by atoms with van der Waals surface area (Å²) in [5.41, 5.74) is 1.99. The molecule has 0 atom stereocenters. The molecule has 1 aliphatic carbocycles. The standard InChI is InChI=1S/C12H16N2O/c1-3-13-11-7-6-10(8-12(11)15-2)14-9-4-5-9/h3,6-9,14H,4-5H2,1-2H3. The zero-order valence-corrected chi connectivity index (χ0v) is 9.16. The van der Waals surface area contributed by atoms with Crippen LogP contribution >= 0.6 is 0 Å². The number of nitrogens with one attached hydrogen (secondary N) is 1. The summed E-state index contributed by atoms with van der Waals surface area (Å²) >= 11 is 0. The fraction of sp³-hybridized carbons (Fsp3) is 0.417. The Balaban J connectivity index is 2.20. The van der Waals surface area contributed by atoms with Crippen LogP contribution in [0.15, 0.2) is 23.2 Å². The lowest BCUT2D eigenvalue weighted by Crippen LogP contribution is -2.00. The van der Waals surface area contributed by atoms with Gasteiger partial charge in [0.2, 0.25) is 0 Å². The van der Waals surface area contributed by atoms with Crippen LogP contribution in [0.2, 0.25) is 0 Å². The van der Waals surface area contributed by atoms with Gasteiger partial charge in [0.15, 0.2) is 0 Å². The quantitative estimate of drug-likeness (QED) is 0.765. The average Bonchev–Trinajstić information content (AvgIpc) is 3.04. The predicted molar refractivity (Wildman–Crippen MR) is 63.5 cm³/mol. The molecule has 2 rings (SSSR count). The van der Waals surface area contributed by atoms with Gasteiger partial charge in [0.05, 0.1) is 7.11 Å². The molecule has 0 saturated heterocycles. The number of ether oxygens (including phenoxy) is 1. The number of rotatable bonds is 4. The lowest BCUT2D eigenvalue weighted by molar-refractivity contribution is 0.416. The van der Waals surface area contributed by atoms with E-state index >= 15 is 0 Å². The van der Waals surface area contributed by atoms with Crippen molar-refractivity contribution in [3.05, 3.63) is 18.2 Å². The van der Waals surface area contributed by atoms with Crippen LogP contribution in [0.3, 0.4) is 0 Å². The Hall–Kier alpha value is -1.51. The second kappa shape index (κ2) is 4.34. The second-order valence-corrected chi connectivity index (χ2v) is 3.69. The fourth-order valence-corrected chi connectivity index (χ4v) is 1.48. The van der Waals surface area contributed by atoms with Crippen molar-refractivity contribution in [3.63, 3.8) is 0 Å². The smallest absolute Gasteiger partial charge is 0.146 e. The van der Waals surface area contributed by atoms with Crippen LogP contribution in [0.25, 0.3) is 0 Å². The molecule has 80 valence electrons. The molecule has 1 N–H and O–H groups in total. The first-order valence-electron chi connectivity index (χ1n) is 5.26. The summed E-state index contributed by atoms with van der Waals surface area (Å²) in [4.78, 5) is 4.24. The molecule has 1 saturated carbocycles. The number of anilines is 1. The van der Waals surface area contributed by atoms with E-state index < -0.39 is 0 Å². The molecule has 1 aromatic carbocycles. The lowest BCUT2D eigenvalue weighted by atomic mass is 10.2. The van der Waals surface area contributed by atoms with E-state index in [-0.39, 0.29) is 0 Å². The molecule has 1 aliphatic rings. The maximum Gasteiger partial charge on any atom is 0.146 e. The molecule has 0 aliphatic heterocycles. The summed E-state index contributed by atoms with van der Waals surface area (Å²) in [7, 11) is 1.67. The predicted octanol–water partition coefficient (Wildman–Crippen LogP) is 2.99. The fourth-order valence-electron chi connectivity index (χ4n) is 1.48. The van der Waals surface area contributed by atoms with Crippen molar-refractivity contribution in [2.45, 2.75) is 25.8 Å². The first kappa shape index (κ1) is 10.0. The van der Waals surface area contributed by atoms with Gasteiger partial charge in [-0.05, 0) is 31.9 Å². The van der Waals surface area contributed by atoms with Crippen LogP contribution in [0.1, 0.15) is 19.8 Å². The summed E-state index contributed by atoms with van der Waals surface area (Å²) in [6.45, 7) is 1.90. The topological polar surface area (TPSA) is 33.6 Å². The number of hydrogen-bond donors (Lipinski definition) is 1. The summed E-state index contributed by atoms with van der Waals surface area (Å²) in [5.74, 6) is 0.818. The summed E-state index contributed by atoms with van der Waals surface area (Å²) < 4.78 is 5.29. The van der Waals surface area contributed by atoms with Crippen molar-refractivity contribution in [1.82, 2.24) is 0 Å².